The molecule has 0 aliphatic carbocycles. The number of halogens is 3. The molecule has 0 spiro atoms. The number of aromatic nitrogens is 1. The Morgan fingerprint density at radius 1 is 1.21 bits per heavy atom. The van der Waals surface area contributed by atoms with Crippen molar-refractivity contribution in [1.29, 1.82) is 0 Å². The molecule has 0 radical (unpaired) electrons. The van der Waals surface area contributed by atoms with Crippen LogP contribution in [0.3, 0.4) is 0 Å². The van der Waals surface area contributed by atoms with Gasteiger partial charge in [-0.15, -0.1) is 0 Å². The highest BCUT2D eigenvalue weighted by molar-refractivity contribution is 5.95. The minimum absolute atomic E-state index is 0.0871. The molecule has 3 heterocycles. The van der Waals surface area contributed by atoms with E-state index in [0.717, 1.165) is 12.1 Å². The third-order valence-corrected chi connectivity index (χ3v) is 5.63. The lowest BCUT2D eigenvalue weighted by Gasteiger charge is -2.31. The van der Waals surface area contributed by atoms with Gasteiger partial charge in [0.05, 0.1) is 29.3 Å². The number of alkyl halides is 3. The summed E-state index contributed by atoms with van der Waals surface area (Å²) in [6.45, 7) is 0. The van der Waals surface area contributed by atoms with Crippen molar-refractivity contribution < 1.29 is 22.8 Å². The van der Waals surface area contributed by atoms with Crippen molar-refractivity contribution in [1.82, 2.24) is 15.2 Å². The van der Waals surface area contributed by atoms with E-state index in [2.05, 4.69) is 10.3 Å². The van der Waals surface area contributed by atoms with Crippen LogP contribution in [0.5, 0.6) is 0 Å². The van der Waals surface area contributed by atoms with E-state index in [1.54, 1.807) is 29.3 Å². The maximum atomic E-state index is 13.3. The predicted octanol–water partition coefficient (Wildman–Crippen LogP) is 3.72. The first-order valence-electron chi connectivity index (χ1n) is 9.54. The second-order valence-electron chi connectivity index (χ2n) is 7.46. The smallest absolute Gasteiger partial charge is 0.351 e. The molecule has 8 heteroatoms. The first kappa shape index (κ1) is 19.4. The monoisotopic (exact) mass is 403 g/mol. The van der Waals surface area contributed by atoms with Crippen molar-refractivity contribution in [2.45, 2.75) is 50.0 Å². The molecule has 2 fully saturated rings. The summed E-state index contributed by atoms with van der Waals surface area (Å²) in [6, 6.07) is 7.26. The molecule has 2 aliphatic rings. The number of amides is 2. The molecule has 152 valence electrons. The van der Waals surface area contributed by atoms with Crippen molar-refractivity contribution in [2.75, 3.05) is 0 Å². The van der Waals surface area contributed by atoms with Gasteiger partial charge in [0.25, 0.3) is 5.91 Å². The van der Waals surface area contributed by atoms with Gasteiger partial charge in [0.15, 0.2) is 0 Å². The van der Waals surface area contributed by atoms with Crippen molar-refractivity contribution in [3.63, 3.8) is 0 Å². The van der Waals surface area contributed by atoms with Crippen LogP contribution >= 0.6 is 0 Å². The van der Waals surface area contributed by atoms with Crippen molar-refractivity contribution >= 4 is 11.8 Å². The lowest BCUT2D eigenvalue weighted by molar-refractivity contribution is -0.137. The lowest BCUT2D eigenvalue weighted by Crippen LogP contribution is -2.45. The molecule has 1 N–H and O–H groups in total. The average molecular weight is 403 g/mol. The van der Waals surface area contributed by atoms with E-state index >= 15 is 0 Å². The highest BCUT2D eigenvalue weighted by Gasteiger charge is 2.46. The van der Waals surface area contributed by atoms with Gasteiger partial charge in [0.1, 0.15) is 0 Å². The molecule has 2 saturated heterocycles. The zero-order valence-corrected chi connectivity index (χ0v) is 15.5. The van der Waals surface area contributed by atoms with E-state index < -0.39 is 17.8 Å². The first-order chi connectivity index (χ1) is 13.8. The van der Waals surface area contributed by atoms with Crippen molar-refractivity contribution in [3.05, 3.63) is 65.5 Å². The Balaban J connectivity index is 1.75. The summed E-state index contributed by atoms with van der Waals surface area (Å²) in [5, 5.41) is 2.95. The summed E-state index contributed by atoms with van der Waals surface area (Å²) in [5.74, 6) is -0.375. The van der Waals surface area contributed by atoms with Gasteiger partial charge in [-0.05, 0) is 49.1 Å². The van der Waals surface area contributed by atoms with E-state index in [9.17, 15) is 22.8 Å². The lowest BCUT2D eigenvalue weighted by atomic mass is 10.00. The van der Waals surface area contributed by atoms with E-state index in [1.165, 1.54) is 12.3 Å². The van der Waals surface area contributed by atoms with Crippen LogP contribution in [0.1, 0.15) is 53.2 Å². The molecular formula is C21H20F3N3O2. The molecule has 1 aromatic heterocycles. The molecule has 0 saturated carbocycles. The number of hydrogen-bond donors (Lipinski definition) is 1. The van der Waals surface area contributed by atoms with Gasteiger partial charge in [-0.3, -0.25) is 14.6 Å². The molecule has 0 unspecified atom stereocenters. The Morgan fingerprint density at radius 3 is 2.76 bits per heavy atom. The minimum Gasteiger partial charge on any atom is -0.351 e. The van der Waals surface area contributed by atoms with E-state index in [-0.39, 0.29) is 23.9 Å². The molecular weight excluding hydrogens is 383 g/mol. The number of carbonyl (C=O) groups excluding carboxylic acids is 2. The number of rotatable bonds is 2. The SMILES string of the molecule is O=C1CCC[C@H]2[C@@H](C[C@@H](c3cccc(C(F)(F)F)c3)N2C(=O)c2cccnc2)N1. The van der Waals surface area contributed by atoms with E-state index in [1.807, 2.05) is 0 Å². The summed E-state index contributed by atoms with van der Waals surface area (Å²) in [6.07, 6.45) is 0.545. The molecule has 2 amide bonds. The van der Waals surface area contributed by atoms with Gasteiger partial charge < -0.3 is 10.2 Å². The fourth-order valence-corrected chi connectivity index (χ4v) is 4.33. The van der Waals surface area contributed by atoms with Gasteiger partial charge in [-0.2, -0.15) is 13.2 Å². The summed E-state index contributed by atoms with van der Waals surface area (Å²) < 4.78 is 39.7. The van der Waals surface area contributed by atoms with Crippen LogP contribution in [-0.4, -0.2) is 33.8 Å². The highest BCUT2D eigenvalue weighted by atomic mass is 19.4. The summed E-state index contributed by atoms with van der Waals surface area (Å²) >= 11 is 0. The van der Waals surface area contributed by atoms with E-state index in [0.29, 0.717) is 36.8 Å². The highest BCUT2D eigenvalue weighted by Crippen LogP contribution is 2.41. The topological polar surface area (TPSA) is 62.3 Å². The zero-order chi connectivity index (χ0) is 20.6. The second-order valence-corrected chi connectivity index (χ2v) is 7.46. The van der Waals surface area contributed by atoms with Crippen LogP contribution < -0.4 is 5.32 Å². The van der Waals surface area contributed by atoms with Gasteiger partial charge in [-0.25, -0.2) is 0 Å². The normalized spacial score (nSPS) is 24.6. The van der Waals surface area contributed by atoms with Gasteiger partial charge in [0, 0.05) is 18.8 Å². The number of likely N-dealkylation sites (tertiary alicyclic amines) is 1. The second kappa shape index (κ2) is 7.50. The number of nitrogens with zero attached hydrogens (tertiary/aromatic N) is 2. The van der Waals surface area contributed by atoms with Gasteiger partial charge in [-0.1, -0.05) is 12.1 Å². The van der Waals surface area contributed by atoms with Crippen molar-refractivity contribution in [3.8, 4) is 0 Å². The fraction of sp³-hybridized carbons (Fsp3) is 0.381. The number of nitrogens with one attached hydrogen (secondary N) is 1. The van der Waals surface area contributed by atoms with Crippen LogP contribution in [0.25, 0.3) is 0 Å². The third-order valence-electron chi connectivity index (χ3n) is 5.63. The maximum absolute atomic E-state index is 13.3. The Bertz CT molecular complexity index is 917. The molecule has 0 bridgehead atoms. The molecule has 2 aliphatic heterocycles. The van der Waals surface area contributed by atoms with E-state index in [4.69, 9.17) is 0 Å². The predicted molar refractivity (Wildman–Crippen MR) is 98.8 cm³/mol. The number of carbonyl (C=O) groups is 2. The molecule has 4 rings (SSSR count). The molecule has 2 aromatic rings. The number of pyridine rings is 1. The Morgan fingerprint density at radius 2 is 2.03 bits per heavy atom. The zero-order valence-electron chi connectivity index (χ0n) is 15.5. The largest absolute Gasteiger partial charge is 0.416 e. The Hall–Kier alpha value is -2.90. The van der Waals surface area contributed by atoms with Crippen molar-refractivity contribution in [2.24, 2.45) is 0 Å². The molecule has 29 heavy (non-hydrogen) atoms. The third kappa shape index (κ3) is 3.83. The summed E-state index contributed by atoms with van der Waals surface area (Å²) in [7, 11) is 0. The first-order valence-corrected chi connectivity index (χ1v) is 9.54. The molecule has 3 atom stereocenters. The van der Waals surface area contributed by atoms with Gasteiger partial charge >= 0.3 is 6.18 Å². The van der Waals surface area contributed by atoms with Crippen LogP contribution in [-0.2, 0) is 11.0 Å². The number of fused-ring (bicyclic) bond motifs is 1. The standard InChI is InChI=1S/C21H20F3N3O2/c22-21(23,24)15-6-1-4-13(10-15)18-11-16-17(7-2-8-19(28)26-16)27(18)20(29)14-5-3-9-25-12-14/h1,3-6,9-10,12,16-18H,2,7-8,11H2,(H,26,28)/t16-,17+,18+/m1/s1. The summed E-state index contributed by atoms with van der Waals surface area (Å²) in [4.78, 5) is 31.0. The van der Waals surface area contributed by atoms with Crippen LogP contribution in [0.4, 0.5) is 13.2 Å². The quantitative estimate of drug-likeness (QED) is 0.831. The average Bonchev–Trinajstić information content (AvgIpc) is 2.95. The molecule has 5 nitrogen and oxygen atoms in total. The Labute approximate surface area is 165 Å². The van der Waals surface area contributed by atoms with Crippen LogP contribution in [0, 0.1) is 0 Å². The summed E-state index contributed by atoms with van der Waals surface area (Å²) in [5.41, 5.74) is 0.0417. The Kier molecular flexibility index (Phi) is 5.02. The number of benzene rings is 1. The van der Waals surface area contributed by atoms with Gasteiger partial charge in [0.2, 0.25) is 5.91 Å². The fourth-order valence-electron chi connectivity index (χ4n) is 4.33. The van der Waals surface area contributed by atoms with Crippen LogP contribution in [0.2, 0.25) is 0 Å². The minimum atomic E-state index is -4.47. The molecule has 1 aromatic carbocycles. The maximum Gasteiger partial charge on any atom is 0.416 e. The number of hydrogen-bond acceptors (Lipinski definition) is 3. The van der Waals surface area contributed by atoms with Crippen LogP contribution in [0.15, 0.2) is 48.8 Å².